The van der Waals surface area contributed by atoms with Gasteiger partial charge in [0.25, 0.3) is 0 Å². The van der Waals surface area contributed by atoms with Crippen molar-refractivity contribution in [3.8, 4) is 0 Å². The minimum absolute atomic E-state index is 0.147. The van der Waals surface area contributed by atoms with Gasteiger partial charge in [0.1, 0.15) is 6.04 Å². The Balaban J connectivity index is 1.80. The molecule has 0 unspecified atom stereocenters. The van der Waals surface area contributed by atoms with Crippen LogP contribution in [0, 0.1) is 0 Å². The number of amidine groups is 1. The Hall–Kier alpha value is -1.09. The molecule has 1 amide bonds. The molecule has 1 saturated heterocycles. The number of nitrogens with zero attached hydrogens (tertiary/aromatic N) is 2. The number of sulfonamides is 1. The summed E-state index contributed by atoms with van der Waals surface area (Å²) in [6.07, 6.45) is 1.17. The summed E-state index contributed by atoms with van der Waals surface area (Å²) in [5.41, 5.74) is 0. The third-order valence-electron chi connectivity index (χ3n) is 3.74. The van der Waals surface area contributed by atoms with Crippen molar-refractivity contribution in [3.05, 3.63) is 29.3 Å². The Morgan fingerprint density at radius 3 is 2.74 bits per heavy atom. The van der Waals surface area contributed by atoms with Crippen molar-refractivity contribution in [3.63, 3.8) is 0 Å². The molecule has 124 valence electrons. The molecule has 0 aliphatic carbocycles. The van der Waals surface area contributed by atoms with E-state index in [1.54, 1.807) is 0 Å². The SMILES string of the molecule is O=C(NC1=NCCS1)[C@@H]1CCCN1S(=O)(=O)c1ccc(Cl)cc1. The van der Waals surface area contributed by atoms with Crippen molar-refractivity contribution in [2.24, 2.45) is 4.99 Å². The third kappa shape index (κ3) is 3.55. The van der Waals surface area contributed by atoms with Gasteiger partial charge in [-0.3, -0.25) is 9.79 Å². The summed E-state index contributed by atoms with van der Waals surface area (Å²) in [7, 11) is -3.72. The molecule has 6 nitrogen and oxygen atoms in total. The second-order valence-corrected chi connectivity index (χ2v) is 8.66. The number of halogens is 1. The summed E-state index contributed by atoms with van der Waals surface area (Å²) in [6.45, 7) is 1.01. The van der Waals surface area contributed by atoms with Crippen LogP contribution in [0.15, 0.2) is 34.2 Å². The number of nitrogens with one attached hydrogen (secondary N) is 1. The minimum atomic E-state index is -3.72. The lowest BCUT2D eigenvalue weighted by Crippen LogP contribution is -2.46. The van der Waals surface area contributed by atoms with Gasteiger partial charge < -0.3 is 5.32 Å². The second-order valence-electron chi connectivity index (χ2n) is 5.25. The highest BCUT2D eigenvalue weighted by Crippen LogP contribution is 2.27. The molecule has 2 aliphatic heterocycles. The van der Waals surface area contributed by atoms with Crippen molar-refractivity contribution < 1.29 is 13.2 Å². The molecule has 2 aliphatic rings. The molecule has 0 radical (unpaired) electrons. The number of carbonyl (C=O) groups excluding carboxylic acids is 1. The molecule has 0 spiro atoms. The Labute approximate surface area is 144 Å². The number of carbonyl (C=O) groups is 1. The molecule has 9 heteroatoms. The van der Waals surface area contributed by atoms with Crippen LogP contribution in [0.1, 0.15) is 12.8 Å². The van der Waals surface area contributed by atoms with E-state index in [4.69, 9.17) is 11.6 Å². The first kappa shape index (κ1) is 16.8. The molecular formula is C14H16ClN3O3S2. The topological polar surface area (TPSA) is 78.8 Å². The fraction of sp³-hybridized carbons (Fsp3) is 0.429. The van der Waals surface area contributed by atoms with E-state index in [1.165, 1.54) is 40.3 Å². The van der Waals surface area contributed by atoms with Crippen molar-refractivity contribution >= 4 is 44.5 Å². The number of hydrogen-bond acceptors (Lipinski definition) is 5. The molecule has 1 N–H and O–H groups in total. The lowest BCUT2D eigenvalue weighted by atomic mass is 10.2. The van der Waals surface area contributed by atoms with E-state index >= 15 is 0 Å². The van der Waals surface area contributed by atoms with Gasteiger partial charge in [0.15, 0.2) is 5.17 Å². The van der Waals surface area contributed by atoms with E-state index in [1.807, 2.05) is 0 Å². The van der Waals surface area contributed by atoms with E-state index in [0.29, 0.717) is 36.1 Å². The van der Waals surface area contributed by atoms with Crippen molar-refractivity contribution in [1.29, 1.82) is 0 Å². The first-order chi connectivity index (χ1) is 11.0. The van der Waals surface area contributed by atoms with Gasteiger partial charge in [-0.2, -0.15) is 4.31 Å². The average Bonchev–Trinajstić information content (AvgIpc) is 3.19. The standard InChI is InChI=1S/C14H16ClN3O3S2/c15-10-3-5-11(6-4-10)23(20,21)18-8-1-2-12(18)13(19)17-14-16-7-9-22-14/h3-6,12H,1-2,7-9H2,(H,16,17,19)/t12-/m0/s1. The number of aliphatic imine (C=N–C) groups is 1. The highest BCUT2D eigenvalue weighted by atomic mass is 35.5. The van der Waals surface area contributed by atoms with E-state index in [9.17, 15) is 13.2 Å². The van der Waals surface area contributed by atoms with Crippen LogP contribution < -0.4 is 5.32 Å². The smallest absolute Gasteiger partial charge is 0.244 e. The number of benzene rings is 1. The summed E-state index contributed by atoms with van der Waals surface area (Å²) < 4.78 is 26.8. The van der Waals surface area contributed by atoms with Gasteiger partial charge in [0.05, 0.1) is 11.4 Å². The van der Waals surface area contributed by atoms with Crippen LogP contribution in [-0.2, 0) is 14.8 Å². The summed E-state index contributed by atoms with van der Waals surface area (Å²) in [6, 6.07) is 5.29. The first-order valence-corrected chi connectivity index (χ1v) is 10.0. The maximum atomic E-state index is 12.8. The van der Waals surface area contributed by atoms with Crippen molar-refractivity contribution in [2.45, 2.75) is 23.8 Å². The number of rotatable bonds is 3. The molecule has 1 fully saturated rings. The monoisotopic (exact) mass is 373 g/mol. The Kier molecular flexibility index (Phi) is 4.96. The number of amides is 1. The largest absolute Gasteiger partial charge is 0.304 e. The maximum absolute atomic E-state index is 12.8. The molecule has 1 aromatic rings. The van der Waals surface area contributed by atoms with Crippen LogP contribution in [0.25, 0.3) is 0 Å². The van der Waals surface area contributed by atoms with Crippen LogP contribution in [0.3, 0.4) is 0 Å². The molecule has 0 saturated carbocycles. The highest BCUT2D eigenvalue weighted by Gasteiger charge is 2.39. The van der Waals surface area contributed by atoms with Gasteiger partial charge in [-0.15, -0.1) is 0 Å². The van der Waals surface area contributed by atoms with E-state index in [0.717, 1.165) is 5.75 Å². The molecule has 3 rings (SSSR count). The Morgan fingerprint density at radius 2 is 2.09 bits per heavy atom. The molecule has 2 heterocycles. The third-order valence-corrected chi connectivity index (χ3v) is 6.81. The summed E-state index contributed by atoms with van der Waals surface area (Å²) in [5, 5.41) is 3.77. The zero-order valence-electron chi connectivity index (χ0n) is 12.2. The normalized spacial score (nSPS) is 22.1. The predicted octanol–water partition coefficient (Wildman–Crippen LogP) is 1.71. The van der Waals surface area contributed by atoms with Gasteiger partial charge >= 0.3 is 0 Å². The van der Waals surface area contributed by atoms with Crippen molar-refractivity contribution in [2.75, 3.05) is 18.8 Å². The van der Waals surface area contributed by atoms with Crippen LogP contribution in [0.4, 0.5) is 0 Å². The fourth-order valence-electron chi connectivity index (χ4n) is 2.63. The zero-order valence-corrected chi connectivity index (χ0v) is 14.6. The van der Waals surface area contributed by atoms with Gasteiger partial charge in [-0.05, 0) is 37.1 Å². The Bertz CT molecular complexity index is 734. The lowest BCUT2D eigenvalue weighted by molar-refractivity contribution is -0.122. The molecule has 0 aromatic heterocycles. The second kappa shape index (κ2) is 6.80. The Morgan fingerprint density at radius 1 is 1.35 bits per heavy atom. The maximum Gasteiger partial charge on any atom is 0.244 e. The number of hydrogen-bond donors (Lipinski definition) is 1. The summed E-state index contributed by atoms with van der Waals surface area (Å²) in [4.78, 5) is 16.7. The minimum Gasteiger partial charge on any atom is -0.304 e. The van der Waals surface area contributed by atoms with Gasteiger partial charge in [-0.25, -0.2) is 8.42 Å². The predicted molar refractivity (Wildman–Crippen MR) is 91.3 cm³/mol. The highest BCUT2D eigenvalue weighted by molar-refractivity contribution is 8.14. The molecule has 1 aromatic carbocycles. The fourth-order valence-corrected chi connectivity index (χ4v) is 5.14. The van der Waals surface area contributed by atoms with E-state index in [-0.39, 0.29) is 10.8 Å². The van der Waals surface area contributed by atoms with E-state index < -0.39 is 16.1 Å². The van der Waals surface area contributed by atoms with Gasteiger partial charge in [0, 0.05) is 17.3 Å². The molecule has 23 heavy (non-hydrogen) atoms. The molecular weight excluding hydrogens is 358 g/mol. The van der Waals surface area contributed by atoms with Crippen LogP contribution in [0.2, 0.25) is 5.02 Å². The summed E-state index contributed by atoms with van der Waals surface area (Å²) in [5.74, 6) is 0.528. The van der Waals surface area contributed by atoms with Crippen LogP contribution in [-0.4, -0.2) is 48.7 Å². The zero-order chi connectivity index (χ0) is 16.4. The number of thioether (sulfide) groups is 1. The first-order valence-electron chi connectivity index (χ1n) is 7.24. The van der Waals surface area contributed by atoms with Crippen molar-refractivity contribution in [1.82, 2.24) is 9.62 Å². The summed E-state index contributed by atoms with van der Waals surface area (Å²) >= 11 is 7.28. The van der Waals surface area contributed by atoms with Gasteiger partial charge in [0.2, 0.25) is 15.9 Å². The van der Waals surface area contributed by atoms with E-state index in [2.05, 4.69) is 10.3 Å². The molecule has 0 bridgehead atoms. The quantitative estimate of drug-likeness (QED) is 0.874. The van der Waals surface area contributed by atoms with Crippen LogP contribution >= 0.6 is 23.4 Å². The average molecular weight is 374 g/mol. The van der Waals surface area contributed by atoms with Gasteiger partial charge in [-0.1, -0.05) is 23.4 Å². The molecule has 1 atom stereocenters. The van der Waals surface area contributed by atoms with Crippen LogP contribution in [0.5, 0.6) is 0 Å². The lowest BCUT2D eigenvalue weighted by Gasteiger charge is -2.23.